The molecule has 0 bridgehead atoms. The highest BCUT2D eigenvalue weighted by Gasteiger charge is 2.41. The van der Waals surface area contributed by atoms with Gasteiger partial charge in [0.25, 0.3) is 0 Å². The molecule has 2 heterocycles. The minimum atomic E-state index is -4.99. The van der Waals surface area contributed by atoms with Crippen LogP contribution < -0.4 is 0 Å². The maximum Gasteiger partial charge on any atom is 0.434 e. The van der Waals surface area contributed by atoms with Gasteiger partial charge in [-0.25, -0.2) is 14.5 Å². The van der Waals surface area contributed by atoms with Gasteiger partial charge in [-0.3, -0.25) is 4.79 Å². The normalized spacial score (nSPS) is 17.7. The average Bonchev–Trinajstić information content (AvgIpc) is 3.48. The Morgan fingerprint density at radius 2 is 1.81 bits per heavy atom. The van der Waals surface area contributed by atoms with Gasteiger partial charge in [0.1, 0.15) is 23.8 Å². The summed E-state index contributed by atoms with van der Waals surface area (Å²) in [6.45, 7) is 26.3. The van der Waals surface area contributed by atoms with E-state index >= 15 is 0 Å². The number of carbonyl (C=O) groups excluding carboxylic acids is 1. The van der Waals surface area contributed by atoms with Crippen LogP contribution in [0.15, 0.2) is 90.9 Å². The molecule has 1 aromatic rings. The number of aliphatic imine (C=N–C) groups is 1. The van der Waals surface area contributed by atoms with Crippen LogP contribution in [-0.2, 0) is 15.7 Å². The second-order valence-electron chi connectivity index (χ2n) is 12.1. The fourth-order valence-electron chi connectivity index (χ4n) is 4.87. The first-order valence-corrected chi connectivity index (χ1v) is 15.5. The predicted molar refractivity (Wildman–Crippen MR) is 181 cm³/mol. The smallest absolute Gasteiger partial charge is 0.434 e. The summed E-state index contributed by atoms with van der Waals surface area (Å²) < 4.78 is 46.7. The van der Waals surface area contributed by atoms with E-state index in [0.717, 1.165) is 31.8 Å². The lowest BCUT2D eigenvalue weighted by atomic mass is 9.84. The van der Waals surface area contributed by atoms with Crippen LogP contribution in [0.25, 0.3) is 5.82 Å². The van der Waals surface area contributed by atoms with Gasteiger partial charge < -0.3 is 14.7 Å². The molecule has 1 saturated carbocycles. The first kappa shape index (κ1) is 38.8. The molecular formula is C36H47F3N4O4. The SMILES string of the molecule is C/C=C(\C)C1CCN(C(=O)CC2CC2)C1.C=CC(=C)CO/C(=C/C=C\C)C(C)(C)/C(C=C)=N/C(=C)n1ncc(C(=O)O)c1C(F)(F)F. The Balaban J connectivity index is 0.000000421. The number of carboxylic acids is 1. The summed E-state index contributed by atoms with van der Waals surface area (Å²) in [6, 6.07) is 0. The second kappa shape index (κ2) is 16.9. The molecule has 1 aliphatic heterocycles. The van der Waals surface area contributed by atoms with Gasteiger partial charge >= 0.3 is 12.1 Å². The summed E-state index contributed by atoms with van der Waals surface area (Å²) in [5, 5.41) is 12.6. The van der Waals surface area contributed by atoms with Crippen LogP contribution in [0.5, 0.6) is 0 Å². The van der Waals surface area contributed by atoms with Crippen molar-refractivity contribution in [3.8, 4) is 0 Å². The topological polar surface area (TPSA) is 97.0 Å². The second-order valence-corrected chi connectivity index (χ2v) is 12.1. The molecule has 1 aromatic heterocycles. The third kappa shape index (κ3) is 10.8. The number of carbonyl (C=O) groups is 2. The highest BCUT2D eigenvalue weighted by atomic mass is 19.4. The van der Waals surface area contributed by atoms with E-state index in [9.17, 15) is 22.8 Å². The van der Waals surface area contributed by atoms with Crippen molar-refractivity contribution in [2.24, 2.45) is 22.2 Å². The lowest BCUT2D eigenvalue weighted by Gasteiger charge is -2.28. The standard InChI is InChI=1S/C23H26F3N3O3.C13H21NO/c1-8-11-12-19(32-14-15(4)9-2)22(6,7)18(10-3)28-16(5)29-20(23(24,25)26)17(13-27-29)21(30)31;1-3-10(2)12-6-7-14(9-12)13(15)8-11-4-5-11/h8-13H,2-5,14H2,1,6-7H3,(H,30,31);3,11-12H,4-9H2,1-2H3/b11-8-,19-12+,28-18+;10-3+. The molecule has 1 saturated heterocycles. The maximum absolute atomic E-state index is 13.5. The van der Waals surface area contributed by atoms with Crippen molar-refractivity contribution in [2.45, 2.75) is 66.5 Å². The third-order valence-electron chi connectivity index (χ3n) is 8.15. The first-order valence-electron chi connectivity index (χ1n) is 15.5. The van der Waals surface area contributed by atoms with Crippen LogP contribution in [-0.4, -0.2) is 57.1 Å². The lowest BCUT2D eigenvalue weighted by Crippen LogP contribution is -2.28. The van der Waals surface area contributed by atoms with E-state index in [-0.39, 0.29) is 12.3 Å². The Labute approximate surface area is 276 Å². The quantitative estimate of drug-likeness (QED) is 0.0938. The van der Waals surface area contributed by atoms with Crippen LogP contribution >= 0.6 is 0 Å². The number of rotatable bonds is 14. The van der Waals surface area contributed by atoms with Gasteiger partial charge in [-0.2, -0.15) is 18.3 Å². The molecule has 8 nitrogen and oxygen atoms in total. The van der Waals surface area contributed by atoms with Gasteiger partial charge in [-0.15, -0.1) is 0 Å². The molecule has 1 unspecified atom stereocenters. The highest BCUT2D eigenvalue weighted by molar-refractivity contribution is 6.02. The summed E-state index contributed by atoms with van der Waals surface area (Å²) in [4.78, 5) is 29.3. The number of likely N-dealkylation sites (tertiary alicyclic amines) is 1. The van der Waals surface area contributed by atoms with E-state index in [4.69, 9.17) is 9.84 Å². The zero-order chi connectivity index (χ0) is 35.5. The summed E-state index contributed by atoms with van der Waals surface area (Å²) in [6.07, 6.45) is 10.4. The van der Waals surface area contributed by atoms with Crippen LogP contribution in [0.1, 0.15) is 76.4 Å². The molecule has 1 amide bonds. The number of aromatic nitrogens is 2. The monoisotopic (exact) mass is 656 g/mol. The van der Waals surface area contributed by atoms with E-state index in [1.54, 1.807) is 38.2 Å². The van der Waals surface area contributed by atoms with E-state index in [0.29, 0.717) is 34.0 Å². The lowest BCUT2D eigenvalue weighted by molar-refractivity contribution is -0.143. The van der Waals surface area contributed by atoms with E-state index in [2.05, 4.69) is 61.2 Å². The highest BCUT2D eigenvalue weighted by Crippen LogP contribution is 2.36. The molecule has 3 rings (SSSR count). The van der Waals surface area contributed by atoms with Crippen LogP contribution in [0.4, 0.5) is 13.2 Å². The van der Waals surface area contributed by atoms with Gasteiger partial charge in [-0.05, 0) is 83.4 Å². The van der Waals surface area contributed by atoms with E-state index in [1.807, 2.05) is 6.92 Å². The number of carboxylic acid groups (broad SMARTS) is 1. The average molecular weight is 657 g/mol. The minimum Gasteiger partial charge on any atom is -0.492 e. The summed E-state index contributed by atoms with van der Waals surface area (Å²) in [5.74, 6) is -0.0278. The molecule has 1 aliphatic carbocycles. The van der Waals surface area contributed by atoms with E-state index < -0.39 is 34.6 Å². The summed E-state index contributed by atoms with van der Waals surface area (Å²) >= 11 is 0. The number of hydrogen-bond donors (Lipinski definition) is 1. The van der Waals surface area contributed by atoms with Crippen molar-refractivity contribution in [3.05, 3.63) is 97.1 Å². The third-order valence-corrected chi connectivity index (χ3v) is 8.15. The summed E-state index contributed by atoms with van der Waals surface area (Å²) in [5.41, 5.74) is -1.15. The largest absolute Gasteiger partial charge is 0.492 e. The zero-order valence-electron chi connectivity index (χ0n) is 28.1. The van der Waals surface area contributed by atoms with Crippen molar-refractivity contribution in [1.82, 2.24) is 14.7 Å². The Kier molecular flexibility index (Phi) is 14.0. The van der Waals surface area contributed by atoms with Crippen LogP contribution in [0.2, 0.25) is 0 Å². The van der Waals surface area contributed by atoms with Crippen LogP contribution in [0.3, 0.4) is 0 Å². The molecule has 0 radical (unpaired) electrons. The van der Waals surface area contributed by atoms with Gasteiger partial charge in [0.05, 0.1) is 17.3 Å². The van der Waals surface area contributed by atoms with E-state index in [1.165, 1.54) is 24.5 Å². The Morgan fingerprint density at radius 1 is 1.15 bits per heavy atom. The zero-order valence-corrected chi connectivity index (χ0v) is 28.1. The molecule has 256 valence electrons. The molecule has 11 heteroatoms. The maximum atomic E-state index is 13.5. The molecular weight excluding hydrogens is 609 g/mol. The first-order chi connectivity index (χ1) is 22.0. The number of alkyl halides is 3. The number of amides is 1. The van der Waals surface area contributed by atoms with Crippen molar-refractivity contribution in [3.63, 3.8) is 0 Å². The molecule has 0 aromatic carbocycles. The van der Waals surface area contributed by atoms with Gasteiger partial charge in [-0.1, -0.05) is 56.2 Å². The predicted octanol–water partition coefficient (Wildman–Crippen LogP) is 8.50. The van der Waals surface area contributed by atoms with Crippen molar-refractivity contribution in [2.75, 3.05) is 19.7 Å². The molecule has 2 aliphatic rings. The van der Waals surface area contributed by atoms with Gasteiger partial charge in [0.15, 0.2) is 5.69 Å². The molecule has 2 fully saturated rings. The number of hydrogen-bond acceptors (Lipinski definition) is 5. The van der Waals surface area contributed by atoms with Crippen molar-refractivity contribution < 1.29 is 32.6 Å². The molecule has 1 atom stereocenters. The van der Waals surface area contributed by atoms with Crippen molar-refractivity contribution >= 4 is 23.4 Å². The van der Waals surface area contributed by atoms with Gasteiger partial charge in [0.2, 0.25) is 5.91 Å². The fourth-order valence-corrected chi connectivity index (χ4v) is 4.87. The molecule has 0 spiro atoms. The van der Waals surface area contributed by atoms with Crippen LogP contribution in [0, 0.1) is 17.3 Å². The fraction of sp³-hybridized carbons (Fsp3) is 0.444. The number of ether oxygens (including phenoxy) is 1. The number of halogens is 3. The summed E-state index contributed by atoms with van der Waals surface area (Å²) in [7, 11) is 0. The Bertz CT molecular complexity index is 1470. The number of aromatic carboxylic acids is 1. The van der Waals surface area contributed by atoms with Gasteiger partial charge in [0, 0.05) is 19.5 Å². The molecule has 1 N–H and O–H groups in total. The molecule has 47 heavy (non-hydrogen) atoms. The number of allylic oxidation sites excluding steroid dienone is 6. The van der Waals surface area contributed by atoms with Crippen molar-refractivity contribution in [1.29, 1.82) is 0 Å². The Morgan fingerprint density at radius 3 is 2.32 bits per heavy atom. The minimum absolute atomic E-state index is 0.140. The Hall–Kier alpha value is -4.41. The number of nitrogens with zero attached hydrogens (tertiary/aromatic N) is 4.